The van der Waals surface area contributed by atoms with Crippen molar-refractivity contribution in [3.8, 4) is 0 Å². The van der Waals surface area contributed by atoms with Crippen LogP contribution in [0.1, 0.15) is 109 Å². The van der Waals surface area contributed by atoms with Crippen molar-refractivity contribution < 1.29 is 25.2 Å². The van der Waals surface area contributed by atoms with Gasteiger partial charge < -0.3 is 15.5 Å². The number of carbonyl (C=O) groups is 1. The number of ketones is 1. The Balaban J connectivity index is 3.27. The smallest absolute Gasteiger partial charge is 0.152 e. The third kappa shape index (κ3) is 20.5. The quantitative estimate of drug-likeness (QED) is 0.104. The van der Waals surface area contributed by atoms with Gasteiger partial charge in [-0.2, -0.15) is 0 Å². The first kappa shape index (κ1) is 28.5. The van der Waals surface area contributed by atoms with Crippen LogP contribution in [-0.2, 0) is 9.68 Å². The van der Waals surface area contributed by atoms with Crippen LogP contribution in [-0.4, -0.2) is 53.7 Å². The highest BCUT2D eigenvalue weighted by Crippen LogP contribution is 2.14. The fourth-order valence-electron chi connectivity index (χ4n) is 3.62. The first-order valence-corrected chi connectivity index (χ1v) is 12.0. The Morgan fingerprint density at radius 2 is 1.10 bits per heavy atom. The number of carbonyl (C=O) groups excluding carboxylic acids is 1. The highest BCUT2D eigenvalue weighted by atomic mass is 17.1. The minimum Gasteiger partial charge on any atom is -0.396 e. The summed E-state index contributed by atoms with van der Waals surface area (Å²) in [5, 5.41) is 29.1. The van der Waals surface area contributed by atoms with Crippen molar-refractivity contribution in [2.24, 2.45) is 0 Å². The maximum Gasteiger partial charge on any atom is 0.152 e. The Kier molecular flexibility index (Phi) is 23.3. The van der Waals surface area contributed by atoms with Crippen LogP contribution in [0.3, 0.4) is 0 Å². The third-order valence-electron chi connectivity index (χ3n) is 5.49. The summed E-state index contributed by atoms with van der Waals surface area (Å²) in [6.45, 7) is 0.579. The zero-order valence-corrected chi connectivity index (χ0v) is 18.6. The molecule has 0 amide bonds. The number of rotatable bonds is 24. The molecular weight excluding hydrogens is 370 g/mol. The van der Waals surface area contributed by atoms with E-state index in [-0.39, 0.29) is 19.0 Å². The Morgan fingerprint density at radius 3 is 1.48 bits per heavy atom. The van der Waals surface area contributed by atoms with Gasteiger partial charge in [0.05, 0.1) is 19.3 Å². The first-order chi connectivity index (χ1) is 14.3. The zero-order chi connectivity index (χ0) is 21.4. The molecular formula is C23H47NO5. The highest BCUT2D eigenvalue weighted by Gasteiger charge is 2.15. The van der Waals surface area contributed by atoms with E-state index in [0.29, 0.717) is 19.6 Å². The van der Waals surface area contributed by atoms with Gasteiger partial charge in [-0.05, 0) is 12.8 Å². The molecule has 29 heavy (non-hydrogen) atoms. The predicted molar refractivity (Wildman–Crippen MR) is 118 cm³/mol. The molecule has 0 aromatic heterocycles. The Hall–Kier alpha value is -0.530. The van der Waals surface area contributed by atoms with Gasteiger partial charge in [-0.25, -0.2) is 4.89 Å². The van der Waals surface area contributed by atoms with Crippen molar-refractivity contribution in [3.05, 3.63) is 0 Å². The van der Waals surface area contributed by atoms with Crippen LogP contribution in [0.15, 0.2) is 0 Å². The lowest BCUT2D eigenvalue weighted by atomic mass is 10.0. The fourth-order valence-corrected chi connectivity index (χ4v) is 3.62. The summed E-state index contributed by atoms with van der Waals surface area (Å²) in [5.74, 6) is 0.0376. The van der Waals surface area contributed by atoms with E-state index in [4.69, 9.17) is 10.4 Å². The van der Waals surface area contributed by atoms with Crippen LogP contribution >= 0.6 is 0 Å². The van der Waals surface area contributed by atoms with Gasteiger partial charge in [0, 0.05) is 19.6 Å². The molecule has 0 aliphatic carbocycles. The number of Topliss-reactive ketones (excluding diaryl/α,β-unsaturated/α-hetero) is 1. The molecule has 4 N–H and O–H groups in total. The molecule has 0 fully saturated rings. The number of hydrogen-bond acceptors (Lipinski definition) is 6. The molecule has 0 aliphatic heterocycles. The number of nitrogens with one attached hydrogen (secondary N) is 1. The molecule has 0 unspecified atom stereocenters. The van der Waals surface area contributed by atoms with Gasteiger partial charge in [0.1, 0.15) is 0 Å². The molecule has 0 saturated heterocycles. The summed E-state index contributed by atoms with van der Waals surface area (Å²) < 4.78 is 0. The minimum atomic E-state index is -0.545. The molecule has 0 heterocycles. The number of hydrogen-bond donors (Lipinski definition) is 4. The van der Waals surface area contributed by atoms with E-state index in [0.717, 1.165) is 19.3 Å². The van der Waals surface area contributed by atoms with E-state index in [9.17, 15) is 9.90 Å². The zero-order valence-electron chi connectivity index (χ0n) is 18.6. The monoisotopic (exact) mass is 417 g/mol. The maximum absolute atomic E-state index is 12.0. The van der Waals surface area contributed by atoms with Crippen LogP contribution in [0.4, 0.5) is 0 Å². The van der Waals surface area contributed by atoms with Crippen molar-refractivity contribution in [3.63, 3.8) is 0 Å². The highest BCUT2D eigenvalue weighted by molar-refractivity contribution is 5.84. The molecule has 6 heteroatoms. The summed E-state index contributed by atoms with van der Waals surface area (Å²) in [6.07, 6.45) is 20.4. The van der Waals surface area contributed by atoms with Gasteiger partial charge in [0.2, 0.25) is 0 Å². The van der Waals surface area contributed by atoms with Crippen molar-refractivity contribution in [1.29, 1.82) is 0 Å². The molecule has 0 radical (unpaired) electrons. The average molecular weight is 418 g/mol. The predicted octanol–water partition coefficient (Wildman–Crippen LogP) is 4.62. The van der Waals surface area contributed by atoms with Gasteiger partial charge in [0.15, 0.2) is 5.78 Å². The van der Waals surface area contributed by atoms with Gasteiger partial charge in [-0.15, -0.1) is 0 Å². The fraction of sp³-hybridized carbons (Fsp3) is 0.957. The van der Waals surface area contributed by atoms with Gasteiger partial charge >= 0.3 is 0 Å². The lowest BCUT2D eigenvalue weighted by Crippen LogP contribution is -2.41. The molecule has 0 aliphatic rings. The van der Waals surface area contributed by atoms with Gasteiger partial charge in [-0.3, -0.25) is 10.1 Å². The summed E-state index contributed by atoms with van der Waals surface area (Å²) in [5.41, 5.74) is 0. The van der Waals surface area contributed by atoms with E-state index in [1.54, 1.807) is 0 Å². The molecule has 0 rings (SSSR count). The minimum absolute atomic E-state index is 0.0376. The van der Waals surface area contributed by atoms with Crippen LogP contribution in [0.25, 0.3) is 0 Å². The number of aliphatic hydroxyl groups excluding tert-OH is 2. The normalized spacial score (nSPS) is 12.4. The molecule has 0 spiro atoms. The van der Waals surface area contributed by atoms with Gasteiger partial charge in [0.25, 0.3) is 0 Å². The van der Waals surface area contributed by atoms with E-state index in [1.165, 1.54) is 83.5 Å². The molecule has 0 bridgehead atoms. The molecule has 0 saturated carbocycles. The van der Waals surface area contributed by atoms with Crippen LogP contribution in [0.5, 0.6) is 0 Å². The van der Waals surface area contributed by atoms with Crippen molar-refractivity contribution >= 4 is 5.78 Å². The second kappa shape index (κ2) is 23.7. The third-order valence-corrected chi connectivity index (χ3v) is 5.49. The van der Waals surface area contributed by atoms with Crippen LogP contribution in [0, 0.1) is 0 Å². The molecule has 6 nitrogen and oxygen atoms in total. The van der Waals surface area contributed by atoms with E-state index < -0.39 is 6.04 Å². The molecule has 174 valence electrons. The Labute approximate surface area is 178 Å². The van der Waals surface area contributed by atoms with Crippen LogP contribution in [0.2, 0.25) is 0 Å². The lowest BCUT2D eigenvalue weighted by Gasteiger charge is -2.14. The van der Waals surface area contributed by atoms with Crippen molar-refractivity contribution in [2.75, 3.05) is 26.4 Å². The molecule has 0 aromatic carbocycles. The number of unbranched alkanes of at least 4 members (excludes halogenated alkanes) is 15. The molecule has 0 aromatic rings. The van der Waals surface area contributed by atoms with E-state index >= 15 is 0 Å². The van der Waals surface area contributed by atoms with Gasteiger partial charge in [-0.1, -0.05) is 89.9 Å². The van der Waals surface area contributed by atoms with Crippen molar-refractivity contribution in [1.82, 2.24) is 5.32 Å². The largest absolute Gasteiger partial charge is 0.396 e. The summed E-state index contributed by atoms with van der Waals surface area (Å²) in [6, 6.07) is -0.545. The Bertz CT molecular complexity index is 341. The van der Waals surface area contributed by atoms with Crippen LogP contribution < -0.4 is 5.32 Å². The summed E-state index contributed by atoms with van der Waals surface area (Å²) in [7, 11) is 0. The van der Waals surface area contributed by atoms with E-state index in [1.807, 2.05) is 0 Å². The second-order valence-electron chi connectivity index (χ2n) is 8.12. The van der Waals surface area contributed by atoms with Crippen molar-refractivity contribution in [2.45, 2.75) is 115 Å². The Morgan fingerprint density at radius 1 is 0.690 bits per heavy atom. The standard InChI is InChI=1S/C23H47NO5/c25-19-16-14-12-10-8-6-4-2-1-3-5-7-9-11-13-15-17-23(27)22(21-26)24-18-20-29-28/h22,24-26,28H,1-21H2/t22-/m0/s1. The topological polar surface area (TPSA) is 99.0 Å². The van der Waals surface area contributed by atoms with E-state index in [2.05, 4.69) is 10.2 Å². The SMILES string of the molecule is O=C(CCCCCCCCCCCCCCCCCCO)[C@H](CO)NCCOO. The average Bonchev–Trinajstić information content (AvgIpc) is 2.73. The first-order valence-electron chi connectivity index (χ1n) is 12.0. The summed E-state index contributed by atoms with van der Waals surface area (Å²) in [4.78, 5) is 15.9. The lowest BCUT2D eigenvalue weighted by molar-refractivity contribution is -0.240. The number of aliphatic hydroxyl groups is 2. The second-order valence-corrected chi connectivity index (χ2v) is 8.12. The maximum atomic E-state index is 12.0. The molecule has 1 atom stereocenters. The summed E-state index contributed by atoms with van der Waals surface area (Å²) >= 11 is 0.